The SMILES string of the molecule is COc1ccc2cc1Oc1ccc(cc1)CC1c3cc(c(OC)cc3CC[N+]1(C)CC(=O)O)Oc1c(OCF)c(OC)cc3c1C(C2)[N+](C)(CC(=O)O)CC3. The van der Waals surface area contributed by atoms with Gasteiger partial charge in [0.15, 0.2) is 47.6 Å². The van der Waals surface area contributed by atoms with Crippen molar-refractivity contribution in [3.8, 4) is 46.0 Å². The van der Waals surface area contributed by atoms with Gasteiger partial charge in [0.05, 0.1) is 54.1 Å². The number of carboxylic acids is 2. The van der Waals surface area contributed by atoms with E-state index < -0.39 is 24.8 Å². The number of quaternary nitrogens is 2. The van der Waals surface area contributed by atoms with Crippen molar-refractivity contribution in [3.05, 3.63) is 94.0 Å². The molecule has 4 aromatic carbocycles. The molecule has 2 N–H and O–H groups in total. The van der Waals surface area contributed by atoms with Crippen molar-refractivity contribution in [2.24, 2.45) is 0 Å². The molecule has 290 valence electrons. The second kappa shape index (κ2) is 15.0. The van der Waals surface area contributed by atoms with Gasteiger partial charge in [-0.2, -0.15) is 0 Å². The third kappa shape index (κ3) is 7.21. The molecule has 0 aliphatic carbocycles. The Morgan fingerprint density at radius 2 is 1.31 bits per heavy atom. The average Bonchev–Trinajstić information content (AvgIpc) is 3.14. The maximum absolute atomic E-state index is 14.3. The Hall–Kier alpha value is -5.53. The summed E-state index contributed by atoms with van der Waals surface area (Å²) in [5, 5.41) is 20.3. The van der Waals surface area contributed by atoms with Crippen molar-refractivity contribution in [2.75, 3.05) is 68.5 Å². The molecule has 13 heteroatoms. The number of fused-ring (bicyclic) bond motifs is 2. The Balaban J connectivity index is 1.53. The number of rotatable bonds is 9. The number of hydrogen-bond acceptors (Lipinski definition) is 8. The topological polar surface area (TPSA) is 130 Å². The van der Waals surface area contributed by atoms with Gasteiger partial charge in [-0.25, -0.2) is 14.0 Å². The first-order valence-electron chi connectivity index (χ1n) is 18.3. The van der Waals surface area contributed by atoms with Crippen LogP contribution in [0.4, 0.5) is 4.39 Å². The lowest BCUT2D eigenvalue weighted by molar-refractivity contribution is -0.934. The van der Waals surface area contributed by atoms with E-state index in [0.717, 1.165) is 27.8 Å². The number of halogens is 1. The molecule has 4 heterocycles. The van der Waals surface area contributed by atoms with Crippen molar-refractivity contribution >= 4 is 11.9 Å². The first kappa shape index (κ1) is 37.8. The zero-order valence-corrected chi connectivity index (χ0v) is 31.7. The van der Waals surface area contributed by atoms with Crippen molar-refractivity contribution in [1.29, 1.82) is 0 Å². The summed E-state index contributed by atoms with van der Waals surface area (Å²) in [6.45, 7) is -0.382. The molecule has 0 aromatic heterocycles. The number of likely N-dealkylation sites (N-methyl/N-ethyl adjacent to an activating group) is 2. The second-order valence-electron chi connectivity index (χ2n) is 15.0. The zero-order valence-electron chi connectivity index (χ0n) is 31.7. The fraction of sp³-hybridized carbons (Fsp3) is 0.381. The highest BCUT2D eigenvalue weighted by atomic mass is 19.1. The third-order valence-corrected chi connectivity index (χ3v) is 11.6. The van der Waals surface area contributed by atoms with Gasteiger partial charge in [-0.3, -0.25) is 0 Å². The summed E-state index contributed by atoms with van der Waals surface area (Å²) in [4.78, 5) is 24.8. The Labute approximate surface area is 319 Å². The minimum Gasteiger partial charge on any atom is -0.493 e. The minimum absolute atomic E-state index is 0.0352. The van der Waals surface area contributed by atoms with Gasteiger partial charge in [-0.05, 0) is 64.7 Å². The molecule has 4 aliphatic heterocycles. The number of ether oxygens (including phenoxy) is 6. The van der Waals surface area contributed by atoms with Crippen LogP contribution < -0.4 is 28.4 Å². The van der Waals surface area contributed by atoms with Gasteiger partial charge in [-0.1, -0.05) is 18.2 Å². The molecular formula is C42H47FN2O10+2. The molecule has 55 heavy (non-hydrogen) atoms. The monoisotopic (exact) mass is 758 g/mol. The predicted octanol–water partition coefficient (Wildman–Crippen LogP) is 6.66. The standard InChI is InChI=1S/C42H45FN2O10/c1-44(22-38(46)47)14-12-27-19-34(51-4)36-21-30(27)31(44)16-25-6-9-29(10-7-25)54-35-18-26(8-11-33(35)50-3)17-32-40-28(13-15-45(32,2)23-39(48)49)20-37(52-5)41(53-24-43)42(40)55-36/h6-11,18-21,31-32H,12-17,22-24H2,1-5H3/p+2. The lowest BCUT2D eigenvalue weighted by Gasteiger charge is -2.45. The molecule has 8 rings (SSSR count). The lowest BCUT2D eigenvalue weighted by Crippen LogP contribution is -2.54. The van der Waals surface area contributed by atoms with Crippen LogP contribution in [0.5, 0.6) is 46.0 Å². The Morgan fingerprint density at radius 3 is 1.95 bits per heavy atom. The second-order valence-corrected chi connectivity index (χ2v) is 15.0. The first-order valence-corrected chi connectivity index (χ1v) is 18.3. The highest BCUT2D eigenvalue weighted by Gasteiger charge is 2.46. The van der Waals surface area contributed by atoms with Crippen LogP contribution >= 0.6 is 0 Å². The zero-order chi connectivity index (χ0) is 39.1. The summed E-state index contributed by atoms with van der Waals surface area (Å²) >= 11 is 0. The molecule has 4 atom stereocenters. The van der Waals surface area contributed by atoms with Crippen LogP contribution in [0, 0.1) is 0 Å². The van der Waals surface area contributed by atoms with Crippen LogP contribution in [0.3, 0.4) is 0 Å². The maximum atomic E-state index is 14.3. The fourth-order valence-electron chi connectivity index (χ4n) is 8.75. The summed E-state index contributed by atoms with van der Waals surface area (Å²) in [7, 11) is 8.46. The average molecular weight is 759 g/mol. The number of alkyl halides is 1. The largest absolute Gasteiger partial charge is 0.493 e. The van der Waals surface area contributed by atoms with Gasteiger partial charge in [0.2, 0.25) is 12.6 Å². The van der Waals surface area contributed by atoms with Gasteiger partial charge in [0, 0.05) is 31.2 Å². The van der Waals surface area contributed by atoms with Gasteiger partial charge >= 0.3 is 11.9 Å². The highest BCUT2D eigenvalue weighted by molar-refractivity contribution is 5.69. The summed E-state index contributed by atoms with van der Waals surface area (Å²) in [5.74, 6) is 0.969. The Kier molecular flexibility index (Phi) is 10.3. The lowest BCUT2D eigenvalue weighted by atomic mass is 9.85. The molecule has 12 nitrogen and oxygen atoms in total. The number of aliphatic carboxylic acids is 2. The van der Waals surface area contributed by atoms with Crippen LogP contribution in [0.15, 0.2) is 60.7 Å². The van der Waals surface area contributed by atoms with Crippen molar-refractivity contribution in [3.63, 3.8) is 0 Å². The molecule has 4 unspecified atom stereocenters. The molecule has 4 aliphatic rings. The number of carbonyl (C=O) groups is 2. The number of carboxylic acid groups (broad SMARTS) is 2. The number of methoxy groups -OCH3 is 3. The van der Waals surface area contributed by atoms with E-state index in [1.54, 1.807) is 14.2 Å². The van der Waals surface area contributed by atoms with Crippen LogP contribution in [0.2, 0.25) is 0 Å². The summed E-state index contributed by atoms with van der Waals surface area (Å²) < 4.78 is 51.2. The molecule has 0 spiro atoms. The third-order valence-electron chi connectivity index (χ3n) is 11.6. The van der Waals surface area contributed by atoms with Crippen LogP contribution in [0.25, 0.3) is 0 Å². The van der Waals surface area contributed by atoms with Crippen molar-refractivity contribution < 1.29 is 61.6 Å². The number of hydrogen-bond donors (Lipinski definition) is 2. The van der Waals surface area contributed by atoms with Crippen LogP contribution in [-0.4, -0.2) is 99.6 Å². The minimum atomic E-state index is -1.18. The van der Waals surface area contributed by atoms with Crippen molar-refractivity contribution in [2.45, 2.75) is 37.8 Å². The molecule has 0 saturated carbocycles. The number of nitrogens with zero attached hydrogens (tertiary/aromatic N) is 2. The van der Waals surface area contributed by atoms with E-state index in [4.69, 9.17) is 28.4 Å². The van der Waals surface area contributed by atoms with Gasteiger partial charge < -0.3 is 47.6 Å². The van der Waals surface area contributed by atoms with Crippen LogP contribution in [-0.2, 0) is 35.3 Å². The van der Waals surface area contributed by atoms with Crippen LogP contribution in [0.1, 0.15) is 45.5 Å². The molecule has 0 saturated heterocycles. The van der Waals surface area contributed by atoms with Gasteiger partial charge in [-0.15, -0.1) is 0 Å². The van der Waals surface area contributed by atoms with E-state index in [2.05, 4.69) is 0 Å². The summed E-state index contributed by atoms with van der Waals surface area (Å²) in [6, 6.07) is 18.2. The predicted molar refractivity (Wildman–Crippen MR) is 200 cm³/mol. The molecular weight excluding hydrogens is 711 g/mol. The van der Waals surface area contributed by atoms with E-state index >= 15 is 0 Å². The number of benzene rings is 4. The molecule has 4 aromatic rings. The van der Waals surface area contributed by atoms with E-state index in [1.807, 2.05) is 74.8 Å². The van der Waals surface area contributed by atoms with E-state index in [1.165, 1.54) is 7.11 Å². The molecule has 0 fully saturated rings. The van der Waals surface area contributed by atoms with E-state index in [-0.39, 0.29) is 45.3 Å². The van der Waals surface area contributed by atoms with Gasteiger partial charge in [0.25, 0.3) is 0 Å². The van der Waals surface area contributed by atoms with Crippen molar-refractivity contribution in [1.82, 2.24) is 0 Å². The first-order chi connectivity index (χ1) is 26.4. The van der Waals surface area contributed by atoms with Gasteiger partial charge in [0.1, 0.15) is 17.8 Å². The van der Waals surface area contributed by atoms with E-state index in [0.29, 0.717) is 73.1 Å². The fourth-order valence-corrected chi connectivity index (χ4v) is 8.75. The summed E-state index contributed by atoms with van der Waals surface area (Å²) in [5.41, 5.74) is 5.26. The maximum Gasteiger partial charge on any atom is 0.359 e. The molecule has 6 bridgehead atoms. The highest BCUT2D eigenvalue weighted by Crippen LogP contribution is 2.54. The molecule has 0 radical (unpaired) electrons. The normalized spacial score (nSPS) is 22.5. The van der Waals surface area contributed by atoms with E-state index in [9.17, 15) is 24.2 Å². The summed E-state index contributed by atoms with van der Waals surface area (Å²) in [6.07, 6.45) is 1.96. The Bertz CT molecular complexity index is 2120. The smallest absolute Gasteiger partial charge is 0.359 e. The quantitative estimate of drug-likeness (QED) is 0.179. The molecule has 0 amide bonds. The Morgan fingerprint density at radius 1 is 0.727 bits per heavy atom.